The molecule has 1 N–H and O–H groups in total. The van der Waals surface area contributed by atoms with Gasteiger partial charge in [-0.3, -0.25) is 4.79 Å². The Bertz CT molecular complexity index is 774. The number of hydrogen-bond donors (Lipinski definition) is 1. The number of hydrazone groups is 1. The predicted octanol–water partition coefficient (Wildman–Crippen LogP) is 4.44. The largest absolute Gasteiger partial charge is 0.496 e. The minimum atomic E-state index is -0.303. The summed E-state index contributed by atoms with van der Waals surface area (Å²) < 4.78 is 13.2. The van der Waals surface area contributed by atoms with Gasteiger partial charge in [-0.05, 0) is 97.0 Å². The van der Waals surface area contributed by atoms with Crippen molar-refractivity contribution in [3.05, 3.63) is 53.1 Å². The Kier molecular flexibility index (Phi) is 7.29. The van der Waals surface area contributed by atoms with Gasteiger partial charge in [0.05, 0.1) is 32.0 Å². The number of carbonyl (C=O) groups excluding carboxylic acids is 1. The van der Waals surface area contributed by atoms with E-state index in [1.165, 1.54) is 0 Å². The van der Waals surface area contributed by atoms with Crippen molar-refractivity contribution in [2.24, 2.45) is 5.10 Å². The van der Waals surface area contributed by atoms with E-state index in [-0.39, 0.29) is 5.91 Å². The molecule has 0 spiro atoms. The number of nitrogens with one attached hydrogen (secondary N) is 1. The van der Waals surface area contributed by atoms with Crippen LogP contribution in [0.2, 0.25) is 0 Å². The number of carbonyl (C=O) groups is 1. The molecule has 8 heteroatoms. The van der Waals surface area contributed by atoms with Gasteiger partial charge in [0, 0.05) is 5.56 Å². The third-order valence-corrected chi connectivity index (χ3v) is 5.30. The maximum atomic E-state index is 12.1. The summed E-state index contributed by atoms with van der Waals surface area (Å²) in [6.07, 6.45) is 1.58. The zero-order valence-electron chi connectivity index (χ0n) is 12.8. The third-order valence-electron chi connectivity index (χ3n) is 3.02. The first-order chi connectivity index (χ1) is 11.5. The molecule has 24 heavy (non-hydrogen) atoms. The summed E-state index contributed by atoms with van der Waals surface area (Å²) in [7, 11) is 3.19. The zero-order chi connectivity index (χ0) is 17.7. The minimum absolute atomic E-state index is 0.303. The van der Waals surface area contributed by atoms with E-state index in [2.05, 4.69) is 71.6 Å². The molecule has 0 aliphatic carbocycles. The number of hydrogen-bond acceptors (Lipinski definition) is 4. The molecule has 0 saturated carbocycles. The number of methoxy groups -OCH3 is 2. The summed E-state index contributed by atoms with van der Waals surface area (Å²) >= 11 is 7.77. The van der Waals surface area contributed by atoms with Gasteiger partial charge in [0.15, 0.2) is 0 Å². The molecule has 0 aliphatic heterocycles. The number of benzene rings is 2. The standard InChI is InChI=1S/C16H13BrI2N2O3/c1-23-14-7-10(3-4-12(14)18)16(22)21-20-8-9-5-11(17)15(24-2)13(19)6-9/h3-8H,1-2H3,(H,21,22)/b20-8-. The van der Waals surface area contributed by atoms with Gasteiger partial charge in [-0.25, -0.2) is 5.43 Å². The van der Waals surface area contributed by atoms with Crippen LogP contribution in [0.1, 0.15) is 15.9 Å². The average Bonchev–Trinajstić information content (AvgIpc) is 2.55. The van der Waals surface area contributed by atoms with Crippen LogP contribution in [-0.4, -0.2) is 26.3 Å². The first-order valence-electron chi connectivity index (χ1n) is 6.66. The molecule has 0 bridgehead atoms. The molecule has 2 aromatic carbocycles. The SMILES string of the molecule is COc1cc(C(=O)N/N=C\c2cc(Br)c(OC)c(I)c2)ccc1I. The first kappa shape index (κ1) is 19.4. The van der Waals surface area contributed by atoms with E-state index in [9.17, 15) is 4.79 Å². The number of amides is 1. The van der Waals surface area contributed by atoms with Crippen molar-refractivity contribution in [2.45, 2.75) is 0 Å². The maximum Gasteiger partial charge on any atom is 0.271 e. The predicted molar refractivity (Wildman–Crippen MR) is 114 cm³/mol. The normalized spacial score (nSPS) is 10.7. The smallest absolute Gasteiger partial charge is 0.271 e. The Morgan fingerprint density at radius 1 is 1.17 bits per heavy atom. The van der Waals surface area contributed by atoms with Crippen LogP contribution in [0.4, 0.5) is 0 Å². The van der Waals surface area contributed by atoms with Gasteiger partial charge >= 0.3 is 0 Å². The minimum Gasteiger partial charge on any atom is -0.496 e. The monoisotopic (exact) mass is 614 g/mol. The van der Waals surface area contributed by atoms with Crippen LogP contribution in [0, 0.1) is 7.14 Å². The summed E-state index contributed by atoms with van der Waals surface area (Å²) in [4.78, 5) is 12.1. The highest BCUT2D eigenvalue weighted by atomic mass is 127. The van der Waals surface area contributed by atoms with Crippen LogP contribution in [0.15, 0.2) is 39.9 Å². The number of nitrogens with zero attached hydrogens (tertiary/aromatic N) is 1. The van der Waals surface area contributed by atoms with E-state index in [4.69, 9.17) is 9.47 Å². The van der Waals surface area contributed by atoms with Gasteiger partial charge in [-0.1, -0.05) is 0 Å². The number of ether oxygens (including phenoxy) is 2. The molecule has 0 radical (unpaired) electrons. The topological polar surface area (TPSA) is 59.9 Å². The molecule has 1 amide bonds. The quantitative estimate of drug-likeness (QED) is 0.308. The Morgan fingerprint density at radius 3 is 2.54 bits per heavy atom. The first-order valence-corrected chi connectivity index (χ1v) is 9.61. The fourth-order valence-corrected chi connectivity index (χ4v) is 4.32. The highest BCUT2D eigenvalue weighted by molar-refractivity contribution is 14.1. The highest BCUT2D eigenvalue weighted by Gasteiger charge is 2.09. The van der Waals surface area contributed by atoms with Crippen molar-refractivity contribution in [1.82, 2.24) is 5.43 Å². The second-order valence-electron chi connectivity index (χ2n) is 4.57. The Hall–Kier alpha value is -0.880. The van der Waals surface area contributed by atoms with Gasteiger partial charge in [-0.2, -0.15) is 5.10 Å². The zero-order valence-corrected chi connectivity index (χ0v) is 18.7. The van der Waals surface area contributed by atoms with Gasteiger partial charge in [0.1, 0.15) is 11.5 Å². The molecular weight excluding hydrogens is 602 g/mol. The van der Waals surface area contributed by atoms with E-state index in [0.717, 1.165) is 22.9 Å². The molecule has 5 nitrogen and oxygen atoms in total. The van der Waals surface area contributed by atoms with Gasteiger partial charge in [-0.15, -0.1) is 0 Å². The number of halogens is 3. The van der Waals surface area contributed by atoms with Crippen LogP contribution >= 0.6 is 61.1 Å². The van der Waals surface area contributed by atoms with Crippen LogP contribution in [0.5, 0.6) is 11.5 Å². The lowest BCUT2D eigenvalue weighted by molar-refractivity contribution is 0.0954. The fraction of sp³-hybridized carbons (Fsp3) is 0.125. The molecule has 0 unspecified atom stereocenters. The van der Waals surface area contributed by atoms with E-state index >= 15 is 0 Å². The summed E-state index contributed by atoms with van der Waals surface area (Å²) in [5.74, 6) is 1.12. The van der Waals surface area contributed by atoms with Crippen molar-refractivity contribution in [3.8, 4) is 11.5 Å². The van der Waals surface area contributed by atoms with Crippen LogP contribution < -0.4 is 14.9 Å². The van der Waals surface area contributed by atoms with E-state index in [0.29, 0.717) is 11.3 Å². The summed E-state index contributed by atoms with van der Waals surface area (Å²) in [6, 6.07) is 9.00. The lowest BCUT2D eigenvalue weighted by Gasteiger charge is -2.07. The Balaban J connectivity index is 2.10. The Labute approximate surface area is 175 Å². The second-order valence-corrected chi connectivity index (χ2v) is 7.74. The van der Waals surface area contributed by atoms with Gasteiger partial charge in [0.2, 0.25) is 0 Å². The lowest BCUT2D eigenvalue weighted by Crippen LogP contribution is -2.17. The molecule has 0 aromatic heterocycles. The van der Waals surface area contributed by atoms with Crippen molar-refractivity contribution < 1.29 is 14.3 Å². The van der Waals surface area contributed by atoms with Gasteiger partial charge in [0.25, 0.3) is 5.91 Å². The average molecular weight is 615 g/mol. The van der Waals surface area contributed by atoms with Crippen molar-refractivity contribution in [2.75, 3.05) is 14.2 Å². The molecular formula is C16H13BrI2N2O3. The van der Waals surface area contributed by atoms with E-state index < -0.39 is 0 Å². The third kappa shape index (κ3) is 4.82. The molecule has 0 saturated heterocycles. The Morgan fingerprint density at radius 2 is 1.92 bits per heavy atom. The summed E-state index contributed by atoms with van der Waals surface area (Å²) in [5.41, 5.74) is 3.83. The van der Waals surface area contributed by atoms with Crippen molar-refractivity contribution in [3.63, 3.8) is 0 Å². The van der Waals surface area contributed by atoms with E-state index in [1.54, 1.807) is 32.6 Å². The molecule has 126 valence electrons. The summed E-state index contributed by atoms with van der Waals surface area (Å²) in [5, 5.41) is 4.00. The molecule has 0 heterocycles. The molecule has 0 atom stereocenters. The summed E-state index contributed by atoms with van der Waals surface area (Å²) in [6.45, 7) is 0. The van der Waals surface area contributed by atoms with E-state index in [1.807, 2.05) is 18.2 Å². The maximum absolute atomic E-state index is 12.1. The molecule has 2 aromatic rings. The highest BCUT2D eigenvalue weighted by Crippen LogP contribution is 2.31. The van der Waals surface area contributed by atoms with Crippen LogP contribution in [0.25, 0.3) is 0 Å². The molecule has 0 aliphatic rings. The number of rotatable bonds is 5. The fourth-order valence-electron chi connectivity index (χ4n) is 1.88. The van der Waals surface area contributed by atoms with Gasteiger partial charge < -0.3 is 9.47 Å². The van der Waals surface area contributed by atoms with Crippen molar-refractivity contribution in [1.29, 1.82) is 0 Å². The molecule has 2 rings (SSSR count). The second kappa shape index (κ2) is 8.99. The van der Waals surface area contributed by atoms with Crippen molar-refractivity contribution >= 4 is 73.2 Å². The molecule has 0 fully saturated rings. The lowest BCUT2D eigenvalue weighted by atomic mass is 10.2. The van der Waals surface area contributed by atoms with Crippen LogP contribution in [-0.2, 0) is 0 Å². The van der Waals surface area contributed by atoms with Crippen LogP contribution in [0.3, 0.4) is 0 Å².